The molecule has 0 heterocycles. The van der Waals surface area contributed by atoms with E-state index in [9.17, 15) is 33.6 Å². The summed E-state index contributed by atoms with van der Waals surface area (Å²) in [6.45, 7) is 27.5. The summed E-state index contributed by atoms with van der Waals surface area (Å²) in [4.78, 5) is 83.9. The van der Waals surface area contributed by atoms with Crippen LogP contribution in [0.15, 0.2) is 30.3 Å². The number of unbranched alkanes of at least 4 members (excludes halogenated alkanes) is 1. The molecule has 0 fully saturated rings. The Labute approximate surface area is 391 Å². The Morgan fingerprint density at radius 2 is 0.954 bits per heavy atom. The van der Waals surface area contributed by atoms with Gasteiger partial charge in [0, 0.05) is 60.2 Å². The maximum Gasteiger partial charge on any atom is 0.312 e. The number of hydrogen-bond acceptors (Lipinski definition) is 11. The van der Waals surface area contributed by atoms with Gasteiger partial charge in [-0.05, 0) is 118 Å². The average molecular weight is 918 g/mol. The minimum atomic E-state index is -0.599. The van der Waals surface area contributed by atoms with Crippen molar-refractivity contribution < 1.29 is 33.6 Å². The Morgan fingerprint density at radius 3 is 1.35 bits per heavy atom. The summed E-state index contributed by atoms with van der Waals surface area (Å²) < 4.78 is 0. The minimum absolute atomic E-state index is 0.0327. The number of nitrogens with one attached hydrogen (secondary N) is 4. The first-order valence-electron chi connectivity index (χ1n) is 23.3. The minimum Gasteiger partial charge on any atom is -0.352 e. The molecule has 0 radical (unpaired) electrons. The van der Waals surface area contributed by atoms with Crippen LogP contribution in [0.5, 0.6) is 0 Å². The lowest BCUT2D eigenvalue weighted by atomic mass is 9.89. The fourth-order valence-corrected chi connectivity index (χ4v) is 6.21. The Kier molecular flexibility index (Phi) is 29.8. The van der Waals surface area contributed by atoms with E-state index in [-0.39, 0.29) is 94.6 Å². The highest BCUT2D eigenvalue weighted by Gasteiger charge is 2.30. The van der Waals surface area contributed by atoms with Gasteiger partial charge in [0.25, 0.3) is 0 Å². The van der Waals surface area contributed by atoms with E-state index in [0.29, 0.717) is 38.8 Å². The number of ketones is 3. The van der Waals surface area contributed by atoms with Gasteiger partial charge >= 0.3 is 6.03 Å². The second-order valence-electron chi connectivity index (χ2n) is 21.1. The number of hydrogen-bond donors (Lipinski definition) is 9. The molecule has 6 atom stereocenters. The molecule has 0 bridgehead atoms. The smallest absolute Gasteiger partial charge is 0.312 e. The van der Waals surface area contributed by atoms with E-state index in [1.165, 1.54) is 0 Å². The van der Waals surface area contributed by atoms with Gasteiger partial charge in [0.15, 0.2) is 17.3 Å². The van der Waals surface area contributed by atoms with Gasteiger partial charge in [-0.2, -0.15) is 0 Å². The van der Waals surface area contributed by atoms with Crippen LogP contribution in [0.3, 0.4) is 0 Å². The third-order valence-electron chi connectivity index (χ3n) is 10.0. The summed E-state index contributed by atoms with van der Waals surface area (Å²) in [6, 6.07) is 7.49. The quantitative estimate of drug-likeness (QED) is 0.0648. The molecular weight excluding hydrogens is 827 g/mol. The van der Waals surface area contributed by atoms with Gasteiger partial charge in [0.1, 0.15) is 0 Å². The highest BCUT2D eigenvalue weighted by atomic mass is 16.2. The molecule has 0 saturated heterocycles. The van der Waals surface area contributed by atoms with E-state index in [0.717, 1.165) is 18.4 Å². The standard InChI is InChI=1S/C20H33N3O2.C16H32N4O3.C13H26N2O2/c1-20(2,3)23-19(25)16(11-7-8-12-21)14-18(24)17(22)13-15-9-5-4-6-10-15;1-10(2)13(17)12(21)9-11(7-6-8-19-15(18)23)14(22)20-16(3,4)5;1-8(2)11(14)10(16)7-9(3)12(17)15-13(4,5)6/h4-6,9-10,16-17H,7-8,11-14,21-22H2,1-3H3,(H,23,25);10-11,13H,6-9,17H2,1-5H3,(H,20,22)(H3,18,19,23);8-9,11H,7,14H2,1-6H3,(H,15,17)/t16-,17+;11-,13+;9-,11+/m111/s1. The normalized spacial score (nSPS) is 14.5. The van der Waals surface area contributed by atoms with E-state index >= 15 is 0 Å². The molecular formula is C49H91N9O7. The maximum atomic E-state index is 12.5. The number of rotatable bonds is 24. The van der Waals surface area contributed by atoms with Crippen molar-refractivity contribution in [3.63, 3.8) is 0 Å². The van der Waals surface area contributed by atoms with Crippen molar-refractivity contribution in [1.82, 2.24) is 21.3 Å². The predicted molar refractivity (Wildman–Crippen MR) is 262 cm³/mol. The first kappa shape index (κ1) is 62.8. The SMILES string of the molecule is CC(C)(C)NC(=O)[C@H](CCCCN)CC(=O)[C@@H](N)Cc1ccccc1.CC(C)[C@H](N)C(=O)C[C@@H](C)C(=O)NC(C)(C)C.CC(C)[C@H](N)C(=O)C[C@@H](CCCNC(N)=O)C(=O)NC(C)(C)C. The number of primary amides is 1. The predicted octanol–water partition coefficient (Wildman–Crippen LogP) is 4.56. The van der Waals surface area contributed by atoms with Crippen molar-refractivity contribution >= 4 is 41.1 Å². The van der Waals surface area contributed by atoms with Gasteiger partial charge < -0.3 is 49.9 Å². The lowest BCUT2D eigenvalue weighted by Gasteiger charge is -2.25. The van der Waals surface area contributed by atoms with Crippen LogP contribution in [0.4, 0.5) is 4.79 Å². The zero-order chi connectivity index (χ0) is 50.9. The van der Waals surface area contributed by atoms with Crippen molar-refractivity contribution in [2.45, 2.75) is 189 Å². The maximum absolute atomic E-state index is 12.5. The van der Waals surface area contributed by atoms with Crippen LogP contribution in [0.25, 0.3) is 0 Å². The Bertz CT molecular complexity index is 1600. The number of Topliss-reactive ketones (excluding diaryl/α,β-unsaturated/α-hetero) is 3. The summed E-state index contributed by atoms with van der Waals surface area (Å²) in [7, 11) is 0. The van der Waals surface area contributed by atoms with E-state index in [2.05, 4.69) is 21.3 Å². The summed E-state index contributed by atoms with van der Waals surface area (Å²) in [5, 5.41) is 11.2. The first-order chi connectivity index (χ1) is 29.7. The molecule has 0 unspecified atom stereocenters. The van der Waals surface area contributed by atoms with Crippen molar-refractivity contribution in [2.75, 3.05) is 13.1 Å². The van der Waals surface area contributed by atoms with Crippen LogP contribution in [0.1, 0.15) is 154 Å². The number of carbonyl (C=O) groups is 7. The monoisotopic (exact) mass is 918 g/mol. The molecule has 0 aliphatic heterocycles. The molecule has 0 aliphatic carbocycles. The zero-order valence-corrected chi connectivity index (χ0v) is 42.5. The molecule has 0 aliphatic rings. The molecule has 65 heavy (non-hydrogen) atoms. The van der Waals surface area contributed by atoms with E-state index in [1.807, 2.05) is 120 Å². The Morgan fingerprint density at radius 1 is 0.554 bits per heavy atom. The van der Waals surface area contributed by atoms with Crippen LogP contribution in [-0.2, 0) is 35.2 Å². The molecule has 5 amide bonds. The van der Waals surface area contributed by atoms with Crippen molar-refractivity contribution in [3.8, 4) is 0 Å². The fraction of sp³-hybridized carbons (Fsp3) is 0.735. The van der Waals surface area contributed by atoms with Crippen molar-refractivity contribution in [3.05, 3.63) is 35.9 Å². The zero-order valence-electron chi connectivity index (χ0n) is 42.5. The Balaban J connectivity index is 0. The molecule has 14 N–H and O–H groups in total. The number of benzene rings is 1. The van der Waals surface area contributed by atoms with Crippen LogP contribution in [0, 0.1) is 29.6 Å². The molecule has 16 heteroatoms. The molecule has 16 nitrogen and oxygen atoms in total. The van der Waals surface area contributed by atoms with Gasteiger partial charge in [-0.3, -0.25) is 28.8 Å². The summed E-state index contributed by atoms with van der Waals surface area (Å²) >= 11 is 0. The second-order valence-corrected chi connectivity index (χ2v) is 21.1. The van der Waals surface area contributed by atoms with Crippen LogP contribution >= 0.6 is 0 Å². The van der Waals surface area contributed by atoms with Crippen molar-refractivity contribution in [1.29, 1.82) is 0 Å². The Hall–Kier alpha value is -4.25. The lowest BCUT2D eigenvalue weighted by molar-refractivity contribution is -0.131. The van der Waals surface area contributed by atoms with Gasteiger partial charge in [-0.15, -0.1) is 0 Å². The van der Waals surface area contributed by atoms with E-state index in [4.69, 9.17) is 28.7 Å². The van der Waals surface area contributed by atoms with Crippen LogP contribution in [0.2, 0.25) is 0 Å². The van der Waals surface area contributed by atoms with Crippen LogP contribution in [-0.4, -0.2) is 88.9 Å². The molecule has 1 aromatic carbocycles. The van der Waals surface area contributed by atoms with E-state index < -0.39 is 30.1 Å². The fourth-order valence-electron chi connectivity index (χ4n) is 6.21. The number of amides is 5. The number of urea groups is 1. The van der Waals surface area contributed by atoms with Crippen LogP contribution < -0.4 is 49.9 Å². The second kappa shape index (κ2) is 30.9. The molecule has 374 valence electrons. The summed E-state index contributed by atoms with van der Waals surface area (Å²) in [5.74, 6) is -1.55. The molecule has 0 aromatic heterocycles. The van der Waals surface area contributed by atoms with Gasteiger partial charge in [-0.25, -0.2) is 4.79 Å². The first-order valence-corrected chi connectivity index (χ1v) is 23.3. The van der Waals surface area contributed by atoms with Gasteiger partial charge in [0.2, 0.25) is 17.7 Å². The molecule has 0 saturated carbocycles. The van der Waals surface area contributed by atoms with Crippen molar-refractivity contribution in [2.24, 2.45) is 58.3 Å². The summed E-state index contributed by atoms with van der Waals surface area (Å²) in [6.07, 6.45) is 4.39. The number of nitrogens with two attached hydrogens (primary N) is 5. The molecule has 1 aromatic rings. The highest BCUT2D eigenvalue weighted by Crippen LogP contribution is 2.19. The summed E-state index contributed by atoms with van der Waals surface area (Å²) in [5.41, 5.74) is 28.3. The average Bonchev–Trinajstić information content (AvgIpc) is 3.16. The third-order valence-corrected chi connectivity index (χ3v) is 10.0. The lowest BCUT2D eigenvalue weighted by Crippen LogP contribution is -2.46. The topological polar surface area (TPSA) is 298 Å². The van der Waals surface area contributed by atoms with E-state index in [1.54, 1.807) is 6.92 Å². The van der Waals surface area contributed by atoms with Gasteiger partial charge in [0.05, 0.1) is 18.1 Å². The molecule has 1 rings (SSSR count). The number of carbonyl (C=O) groups excluding carboxylic acids is 7. The largest absolute Gasteiger partial charge is 0.352 e. The highest BCUT2D eigenvalue weighted by molar-refractivity contribution is 5.91. The molecule has 0 spiro atoms. The van der Waals surface area contributed by atoms with Gasteiger partial charge in [-0.1, -0.05) is 71.4 Å². The third kappa shape index (κ3) is 32.1.